The zero-order valence-electron chi connectivity index (χ0n) is 20.8. The molecule has 184 valence electrons. The average Bonchev–Trinajstić information content (AvgIpc) is 3.56. The van der Waals surface area contributed by atoms with Crippen LogP contribution in [-0.4, -0.2) is 29.9 Å². The van der Waals surface area contributed by atoms with Gasteiger partial charge in [0.1, 0.15) is 17.8 Å². The second-order valence-corrected chi connectivity index (χ2v) is 14.2. The van der Waals surface area contributed by atoms with E-state index in [1.165, 1.54) is 26.2 Å². The predicted molar refractivity (Wildman–Crippen MR) is 123 cm³/mol. The molecule has 0 saturated heterocycles. The molecule has 0 heterocycles. The molecule has 0 aliphatic heterocycles. The molecule has 8 bridgehead atoms. The Hall–Kier alpha value is -1.52. The van der Waals surface area contributed by atoms with Crippen molar-refractivity contribution in [1.82, 2.24) is 0 Å². The molecule has 7 fully saturated rings. The van der Waals surface area contributed by atoms with Crippen LogP contribution in [0.3, 0.4) is 0 Å². The zero-order chi connectivity index (χ0) is 23.3. The van der Waals surface area contributed by atoms with Crippen LogP contribution in [0, 0.1) is 82.9 Å². The molecule has 8 rings (SSSR count). The monoisotopic (exact) mass is 466 g/mol. The highest BCUT2D eigenvalue weighted by Crippen LogP contribution is 2.80. The lowest BCUT2D eigenvalue weighted by Gasteiger charge is -2.51. The molecule has 0 spiro atoms. The number of hydrogen-bond donors (Lipinski definition) is 0. The van der Waals surface area contributed by atoms with Gasteiger partial charge in [0.2, 0.25) is 0 Å². The van der Waals surface area contributed by atoms with Crippen molar-refractivity contribution in [2.24, 2.45) is 82.9 Å². The van der Waals surface area contributed by atoms with E-state index in [4.69, 9.17) is 14.2 Å². The minimum absolute atomic E-state index is 0.260. The number of carbonyl (C=O) groups is 2. The standard InChI is InChI=1S/C29H38O5/c1-11(30)32-26-18-10-19(27(26)33-28(31)34-29(2,3)4)25-17-9-16(24(18)25)22-14-8-15(23(17)22)21-13-6-5-12(7-13)20(14)21/h5-6,12-27H,7-10H2,1-4H3. The van der Waals surface area contributed by atoms with Crippen molar-refractivity contribution < 1.29 is 23.8 Å². The van der Waals surface area contributed by atoms with Gasteiger partial charge < -0.3 is 14.2 Å². The van der Waals surface area contributed by atoms with Crippen molar-refractivity contribution in [2.75, 3.05) is 0 Å². The Balaban J connectivity index is 1.10. The molecule has 5 nitrogen and oxygen atoms in total. The highest BCUT2D eigenvalue weighted by molar-refractivity contribution is 5.66. The van der Waals surface area contributed by atoms with E-state index in [-0.39, 0.29) is 18.2 Å². The fraction of sp³-hybridized carbons (Fsp3) is 0.862. The molecule has 34 heavy (non-hydrogen) atoms. The smallest absolute Gasteiger partial charge is 0.458 e. The fourth-order valence-corrected chi connectivity index (χ4v) is 12.3. The van der Waals surface area contributed by atoms with E-state index < -0.39 is 11.8 Å². The molecule has 8 aliphatic rings. The van der Waals surface area contributed by atoms with Gasteiger partial charge in [-0.3, -0.25) is 4.79 Å². The quantitative estimate of drug-likeness (QED) is 0.322. The fourth-order valence-electron chi connectivity index (χ4n) is 12.3. The normalized spacial score (nSPS) is 58.2. The van der Waals surface area contributed by atoms with Crippen molar-refractivity contribution in [1.29, 1.82) is 0 Å². The Morgan fingerprint density at radius 1 is 0.647 bits per heavy atom. The molecule has 7 saturated carbocycles. The van der Waals surface area contributed by atoms with Crippen molar-refractivity contribution in [2.45, 2.75) is 71.2 Å². The van der Waals surface area contributed by atoms with Gasteiger partial charge in [-0.1, -0.05) is 12.2 Å². The van der Waals surface area contributed by atoms with E-state index in [9.17, 15) is 9.59 Å². The third kappa shape index (κ3) is 2.43. The number of allylic oxidation sites excluding steroid dienone is 2. The topological polar surface area (TPSA) is 61.8 Å². The molecular weight excluding hydrogens is 428 g/mol. The van der Waals surface area contributed by atoms with Crippen LogP contribution in [0.15, 0.2) is 12.2 Å². The highest BCUT2D eigenvalue weighted by Gasteiger charge is 2.77. The van der Waals surface area contributed by atoms with E-state index in [0.717, 1.165) is 65.6 Å². The maximum Gasteiger partial charge on any atom is 0.509 e. The van der Waals surface area contributed by atoms with Gasteiger partial charge in [0.25, 0.3) is 0 Å². The summed E-state index contributed by atoms with van der Waals surface area (Å²) in [6, 6.07) is 0. The van der Waals surface area contributed by atoms with Gasteiger partial charge in [0.05, 0.1) is 0 Å². The molecule has 8 aliphatic carbocycles. The number of ether oxygens (including phenoxy) is 3. The van der Waals surface area contributed by atoms with Gasteiger partial charge in [-0.2, -0.15) is 0 Å². The molecule has 0 aromatic heterocycles. The molecule has 0 N–H and O–H groups in total. The Bertz CT molecular complexity index is 979. The van der Waals surface area contributed by atoms with Crippen LogP contribution >= 0.6 is 0 Å². The number of esters is 1. The number of rotatable bonds is 2. The first kappa shape index (κ1) is 20.7. The van der Waals surface area contributed by atoms with Gasteiger partial charge in [-0.25, -0.2) is 4.79 Å². The van der Waals surface area contributed by atoms with Crippen LogP contribution in [-0.2, 0) is 19.0 Å². The molecule has 0 amide bonds. The summed E-state index contributed by atoms with van der Waals surface area (Å²) in [5.74, 6) is 10.6. The highest BCUT2D eigenvalue weighted by atomic mass is 16.7. The predicted octanol–water partition coefficient (Wildman–Crippen LogP) is 5.09. The van der Waals surface area contributed by atoms with Gasteiger partial charge in [0.15, 0.2) is 0 Å². The second-order valence-electron chi connectivity index (χ2n) is 14.2. The Labute approximate surface area is 202 Å². The van der Waals surface area contributed by atoms with E-state index in [1.807, 2.05) is 20.8 Å². The van der Waals surface area contributed by atoms with E-state index in [0.29, 0.717) is 23.7 Å². The summed E-state index contributed by atoms with van der Waals surface area (Å²) in [6.07, 6.45) is 9.18. The summed E-state index contributed by atoms with van der Waals surface area (Å²) >= 11 is 0. The van der Waals surface area contributed by atoms with Gasteiger partial charge in [-0.05, 0) is 117 Å². The van der Waals surface area contributed by atoms with Crippen molar-refractivity contribution in [3.63, 3.8) is 0 Å². The summed E-state index contributed by atoms with van der Waals surface area (Å²) in [6.45, 7) is 7.07. The van der Waals surface area contributed by atoms with Crippen LogP contribution in [0.4, 0.5) is 4.79 Å². The first-order valence-electron chi connectivity index (χ1n) is 14.0. The second kappa shape index (κ2) is 6.42. The van der Waals surface area contributed by atoms with Crippen LogP contribution in [0.25, 0.3) is 0 Å². The molecular formula is C29H38O5. The molecule has 5 heteroatoms. The summed E-state index contributed by atoms with van der Waals surface area (Å²) in [5, 5.41) is 0. The Kier molecular flexibility index (Phi) is 3.90. The minimum atomic E-state index is -0.615. The Morgan fingerprint density at radius 2 is 1.09 bits per heavy atom. The summed E-state index contributed by atoms with van der Waals surface area (Å²) in [7, 11) is 0. The Morgan fingerprint density at radius 3 is 1.59 bits per heavy atom. The SMILES string of the molecule is CC(=O)OC1C2CC(C1OC(=O)OC(C)(C)C)C1C3CC(C21)C1C2CC(C4C5C=CC(C5)C24)C31. The van der Waals surface area contributed by atoms with Crippen LogP contribution < -0.4 is 0 Å². The summed E-state index contributed by atoms with van der Waals surface area (Å²) in [5.41, 5.74) is -0.595. The van der Waals surface area contributed by atoms with E-state index in [2.05, 4.69) is 12.2 Å². The van der Waals surface area contributed by atoms with Crippen molar-refractivity contribution >= 4 is 12.1 Å². The van der Waals surface area contributed by atoms with Gasteiger partial charge in [-0.15, -0.1) is 0 Å². The molecule has 0 radical (unpaired) electrons. The third-order valence-corrected chi connectivity index (χ3v) is 12.1. The maximum atomic E-state index is 12.7. The van der Waals surface area contributed by atoms with Crippen LogP contribution in [0.1, 0.15) is 53.4 Å². The first-order valence-corrected chi connectivity index (χ1v) is 14.0. The summed E-state index contributed by atoms with van der Waals surface area (Å²) in [4.78, 5) is 24.7. The summed E-state index contributed by atoms with van der Waals surface area (Å²) < 4.78 is 17.4. The third-order valence-electron chi connectivity index (χ3n) is 12.1. The van der Waals surface area contributed by atoms with E-state index >= 15 is 0 Å². The molecule has 16 unspecified atom stereocenters. The van der Waals surface area contributed by atoms with Crippen LogP contribution in [0.5, 0.6) is 0 Å². The lowest BCUT2D eigenvalue weighted by molar-refractivity contribution is -0.168. The van der Waals surface area contributed by atoms with Gasteiger partial charge >= 0.3 is 12.1 Å². The molecule has 0 aromatic rings. The molecule has 0 aromatic carbocycles. The minimum Gasteiger partial charge on any atom is -0.458 e. The number of hydrogen-bond acceptors (Lipinski definition) is 5. The zero-order valence-corrected chi connectivity index (χ0v) is 20.8. The van der Waals surface area contributed by atoms with Gasteiger partial charge in [0, 0.05) is 18.8 Å². The van der Waals surface area contributed by atoms with Crippen molar-refractivity contribution in [3.8, 4) is 0 Å². The van der Waals surface area contributed by atoms with E-state index in [1.54, 1.807) is 0 Å². The molecule has 16 atom stereocenters. The van der Waals surface area contributed by atoms with Crippen molar-refractivity contribution in [3.05, 3.63) is 12.2 Å². The largest absolute Gasteiger partial charge is 0.509 e. The number of fused-ring (bicyclic) bond motifs is 23. The average molecular weight is 467 g/mol. The maximum absolute atomic E-state index is 12.7. The van der Waals surface area contributed by atoms with Crippen LogP contribution in [0.2, 0.25) is 0 Å². The first-order chi connectivity index (χ1) is 16.2. The number of carbonyl (C=O) groups excluding carboxylic acids is 2. The lowest BCUT2D eigenvalue weighted by atomic mass is 9.55. The lowest BCUT2D eigenvalue weighted by Crippen LogP contribution is -2.53.